The molecule has 0 heterocycles. The molecule has 0 amide bonds. The molecule has 1 heteroatoms. The molecule has 1 nitrogen and oxygen atoms in total. The van der Waals surface area contributed by atoms with Crippen molar-refractivity contribution >= 4 is 0 Å². The van der Waals surface area contributed by atoms with Gasteiger partial charge in [-0.05, 0) is 49.9 Å². The van der Waals surface area contributed by atoms with Crippen molar-refractivity contribution < 1.29 is 0 Å². The first-order chi connectivity index (χ1) is 6.02. The Hall–Kier alpha value is -0.0400. The van der Waals surface area contributed by atoms with Crippen molar-refractivity contribution in [3.05, 3.63) is 0 Å². The number of hydrogen-bond acceptors (Lipinski definition) is 1. The Labute approximate surface area is 82.1 Å². The summed E-state index contributed by atoms with van der Waals surface area (Å²) >= 11 is 0. The molecule has 0 aromatic heterocycles. The van der Waals surface area contributed by atoms with Crippen LogP contribution < -0.4 is 5.73 Å². The highest BCUT2D eigenvalue weighted by atomic mass is 14.8. The van der Waals surface area contributed by atoms with E-state index in [2.05, 4.69) is 13.8 Å². The molecule has 0 aromatic rings. The van der Waals surface area contributed by atoms with E-state index < -0.39 is 0 Å². The summed E-state index contributed by atoms with van der Waals surface area (Å²) in [6.07, 6.45) is 9.40. The van der Waals surface area contributed by atoms with E-state index in [1.54, 1.807) is 0 Å². The van der Waals surface area contributed by atoms with Gasteiger partial charge in [0.2, 0.25) is 0 Å². The van der Waals surface area contributed by atoms with Crippen LogP contribution in [0.2, 0.25) is 0 Å². The maximum atomic E-state index is 6.49. The van der Waals surface area contributed by atoms with Gasteiger partial charge in [-0.3, -0.25) is 0 Å². The van der Waals surface area contributed by atoms with E-state index in [-0.39, 0.29) is 5.54 Å². The van der Waals surface area contributed by atoms with Crippen LogP contribution in [0.1, 0.15) is 58.8 Å². The van der Waals surface area contributed by atoms with E-state index in [4.69, 9.17) is 5.73 Å². The summed E-state index contributed by atoms with van der Waals surface area (Å²) in [6, 6.07) is 0. The fourth-order valence-corrected chi connectivity index (χ4v) is 2.78. The van der Waals surface area contributed by atoms with Crippen molar-refractivity contribution in [1.82, 2.24) is 0 Å². The quantitative estimate of drug-likeness (QED) is 0.618. The monoisotopic (exact) mass is 181 g/mol. The highest BCUT2D eigenvalue weighted by Crippen LogP contribution is 2.47. The maximum absolute atomic E-state index is 6.49. The first kappa shape index (κ1) is 9.51. The maximum Gasteiger partial charge on any atom is 0.0183 e. The van der Waals surface area contributed by atoms with Gasteiger partial charge in [-0.15, -0.1) is 0 Å². The summed E-state index contributed by atoms with van der Waals surface area (Å²) in [4.78, 5) is 0. The molecule has 2 N–H and O–H groups in total. The van der Waals surface area contributed by atoms with Gasteiger partial charge in [0.25, 0.3) is 0 Å². The zero-order chi connectivity index (χ0) is 9.53. The van der Waals surface area contributed by atoms with Gasteiger partial charge in [-0.25, -0.2) is 0 Å². The van der Waals surface area contributed by atoms with Gasteiger partial charge in [0.1, 0.15) is 0 Å². The molecule has 2 rings (SSSR count). The van der Waals surface area contributed by atoms with Crippen molar-refractivity contribution in [3.8, 4) is 0 Å². The van der Waals surface area contributed by atoms with Crippen LogP contribution in [0, 0.1) is 11.3 Å². The van der Waals surface area contributed by atoms with Crippen LogP contribution in [0.3, 0.4) is 0 Å². The van der Waals surface area contributed by atoms with Gasteiger partial charge >= 0.3 is 0 Å². The second-order valence-corrected chi connectivity index (χ2v) is 6.03. The zero-order valence-corrected chi connectivity index (χ0v) is 9.10. The van der Waals surface area contributed by atoms with E-state index >= 15 is 0 Å². The van der Waals surface area contributed by atoms with Crippen LogP contribution in [0.25, 0.3) is 0 Å². The van der Waals surface area contributed by atoms with Crippen molar-refractivity contribution in [2.24, 2.45) is 17.1 Å². The van der Waals surface area contributed by atoms with Crippen LogP contribution in [-0.4, -0.2) is 5.54 Å². The van der Waals surface area contributed by atoms with Gasteiger partial charge < -0.3 is 5.73 Å². The predicted molar refractivity (Wildman–Crippen MR) is 56.5 cm³/mol. The lowest BCUT2D eigenvalue weighted by atomic mass is 9.82. The highest BCUT2D eigenvalue weighted by molar-refractivity contribution is 5.00. The normalized spacial score (nSPS) is 39.9. The molecule has 2 aliphatic carbocycles. The van der Waals surface area contributed by atoms with Crippen molar-refractivity contribution in [2.45, 2.75) is 64.3 Å². The summed E-state index contributed by atoms with van der Waals surface area (Å²) in [7, 11) is 0. The molecule has 0 spiro atoms. The Morgan fingerprint density at radius 3 is 2.31 bits per heavy atom. The highest BCUT2D eigenvalue weighted by Gasteiger charge is 2.43. The molecule has 0 saturated heterocycles. The Morgan fingerprint density at radius 2 is 1.69 bits per heavy atom. The van der Waals surface area contributed by atoms with Crippen LogP contribution in [0.15, 0.2) is 0 Å². The minimum atomic E-state index is 0.230. The Balaban J connectivity index is 2.00. The van der Waals surface area contributed by atoms with Crippen LogP contribution in [0.4, 0.5) is 0 Å². The molecular weight excluding hydrogens is 158 g/mol. The van der Waals surface area contributed by atoms with Gasteiger partial charge in [-0.1, -0.05) is 20.3 Å². The largest absolute Gasteiger partial charge is 0.325 e. The third-order valence-corrected chi connectivity index (χ3v) is 4.15. The molecule has 76 valence electrons. The third-order valence-electron chi connectivity index (χ3n) is 4.15. The second-order valence-electron chi connectivity index (χ2n) is 6.03. The van der Waals surface area contributed by atoms with E-state index in [9.17, 15) is 0 Å². The molecule has 2 saturated carbocycles. The molecule has 0 bridgehead atoms. The Morgan fingerprint density at radius 1 is 1.00 bits per heavy atom. The van der Waals surface area contributed by atoms with Crippen molar-refractivity contribution in [1.29, 1.82) is 0 Å². The van der Waals surface area contributed by atoms with Gasteiger partial charge in [-0.2, -0.15) is 0 Å². The molecule has 1 atom stereocenters. The minimum Gasteiger partial charge on any atom is -0.325 e. The number of nitrogens with two attached hydrogens (primary N) is 1. The zero-order valence-electron chi connectivity index (χ0n) is 9.10. The van der Waals surface area contributed by atoms with Gasteiger partial charge in [0, 0.05) is 5.54 Å². The molecule has 0 aliphatic heterocycles. The average molecular weight is 181 g/mol. The topological polar surface area (TPSA) is 26.0 Å². The summed E-state index contributed by atoms with van der Waals surface area (Å²) in [5.41, 5.74) is 7.27. The van der Waals surface area contributed by atoms with Crippen LogP contribution >= 0.6 is 0 Å². The molecule has 13 heavy (non-hydrogen) atoms. The molecule has 0 radical (unpaired) electrons. The lowest BCUT2D eigenvalue weighted by Crippen LogP contribution is -2.41. The minimum absolute atomic E-state index is 0.230. The average Bonchev–Trinajstić information content (AvgIpc) is 2.81. The summed E-state index contributed by atoms with van der Waals surface area (Å²) in [6.45, 7) is 4.79. The number of rotatable bonds is 1. The second kappa shape index (κ2) is 2.98. The summed E-state index contributed by atoms with van der Waals surface area (Å²) < 4.78 is 0. The van der Waals surface area contributed by atoms with E-state index in [0.717, 1.165) is 5.92 Å². The lowest BCUT2D eigenvalue weighted by molar-refractivity contribution is 0.283. The van der Waals surface area contributed by atoms with Crippen LogP contribution in [0.5, 0.6) is 0 Å². The van der Waals surface area contributed by atoms with E-state index in [1.165, 1.54) is 44.9 Å². The first-order valence-corrected chi connectivity index (χ1v) is 5.81. The summed E-state index contributed by atoms with van der Waals surface area (Å²) in [5.74, 6) is 0.876. The SMILES string of the molecule is CC1(C)CCCC(N)(C2CC2)CC1. The smallest absolute Gasteiger partial charge is 0.0183 e. The molecule has 2 aliphatic rings. The van der Waals surface area contributed by atoms with Gasteiger partial charge in [0.05, 0.1) is 0 Å². The standard InChI is InChI=1S/C12H23N/c1-11(2)6-3-7-12(13,9-8-11)10-4-5-10/h10H,3-9,13H2,1-2H3. The fourth-order valence-electron chi connectivity index (χ4n) is 2.78. The Kier molecular flexibility index (Phi) is 2.18. The Bertz CT molecular complexity index is 193. The number of hydrogen-bond donors (Lipinski definition) is 1. The van der Waals surface area contributed by atoms with Crippen LogP contribution in [-0.2, 0) is 0 Å². The molecule has 1 unspecified atom stereocenters. The molecular formula is C12H23N. The molecule has 2 fully saturated rings. The fraction of sp³-hybridized carbons (Fsp3) is 1.00. The van der Waals surface area contributed by atoms with E-state index in [0.29, 0.717) is 5.41 Å². The van der Waals surface area contributed by atoms with E-state index in [1.807, 2.05) is 0 Å². The predicted octanol–water partition coefficient (Wildman–Crippen LogP) is 3.08. The lowest BCUT2D eigenvalue weighted by Gasteiger charge is -2.29. The molecule has 0 aromatic carbocycles. The first-order valence-electron chi connectivity index (χ1n) is 5.81. The van der Waals surface area contributed by atoms with Crippen molar-refractivity contribution in [2.75, 3.05) is 0 Å². The van der Waals surface area contributed by atoms with Gasteiger partial charge in [0.15, 0.2) is 0 Å². The van der Waals surface area contributed by atoms with Crippen molar-refractivity contribution in [3.63, 3.8) is 0 Å². The third kappa shape index (κ3) is 2.07. The summed E-state index contributed by atoms with van der Waals surface area (Å²) in [5, 5.41) is 0.